The Hall–Kier alpha value is -2.69. The van der Waals surface area contributed by atoms with Gasteiger partial charge in [0, 0.05) is 0 Å². The number of esters is 1. The van der Waals surface area contributed by atoms with Crippen LogP contribution in [-0.4, -0.2) is 18.2 Å². The molecular formula is C20H24N2O3. The number of carbonyl (C=O) groups is 1. The van der Waals surface area contributed by atoms with E-state index in [1.54, 1.807) is 6.92 Å². The second kappa shape index (κ2) is 7.92. The normalized spacial score (nSPS) is 11.3. The number of carbonyl (C=O) groups excluding carboxylic acids is 1. The number of hydrogen-bond donors (Lipinski definition) is 1. The van der Waals surface area contributed by atoms with Gasteiger partial charge in [0.25, 0.3) is 0 Å². The maximum atomic E-state index is 11.9. The van der Waals surface area contributed by atoms with E-state index in [4.69, 9.17) is 4.74 Å². The van der Waals surface area contributed by atoms with Crippen LogP contribution in [0.4, 0.5) is 11.4 Å². The lowest BCUT2D eigenvalue weighted by Crippen LogP contribution is -2.05. The quantitative estimate of drug-likeness (QED) is 0.584. The smallest absolute Gasteiger partial charge is 0.341 e. The molecule has 0 radical (unpaired) electrons. The Kier molecular flexibility index (Phi) is 5.91. The van der Waals surface area contributed by atoms with Gasteiger partial charge in [0.1, 0.15) is 11.3 Å². The SMILES string of the molecule is COC(=O)c1c(O)cc(C)c(N=Nc2ccc(CC(C)C)cc2)c1C. The van der Waals surface area contributed by atoms with Crippen LogP contribution in [0.2, 0.25) is 0 Å². The second-order valence-corrected chi connectivity index (χ2v) is 6.52. The molecule has 0 saturated carbocycles. The molecule has 0 fully saturated rings. The van der Waals surface area contributed by atoms with Crippen LogP contribution in [0.15, 0.2) is 40.6 Å². The number of benzene rings is 2. The van der Waals surface area contributed by atoms with Crippen molar-refractivity contribution in [1.29, 1.82) is 0 Å². The van der Waals surface area contributed by atoms with E-state index in [0.29, 0.717) is 17.2 Å². The molecule has 2 aromatic carbocycles. The van der Waals surface area contributed by atoms with E-state index in [9.17, 15) is 9.90 Å². The summed E-state index contributed by atoms with van der Waals surface area (Å²) >= 11 is 0. The summed E-state index contributed by atoms with van der Waals surface area (Å²) in [4.78, 5) is 11.9. The van der Waals surface area contributed by atoms with Crippen LogP contribution in [0.3, 0.4) is 0 Å². The maximum absolute atomic E-state index is 11.9. The zero-order valence-electron chi connectivity index (χ0n) is 15.3. The molecule has 0 amide bonds. The molecule has 2 aromatic rings. The number of ether oxygens (including phenoxy) is 1. The first-order valence-electron chi connectivity index (χ1n) is 8.25. The molecule has 1 N–H and O–H groups in total. The molecule has 0 aliphatic heterocycles. The topological polar surface area (TPSA) is 71.2 Å². The predicted octanol–water partition coefficient (Wildman–Crippen LogP) is 5.41. The third-order valence-electron chi connectivity index (χ3n) is 3.95. The first-order valence-corrected chi connectivity index (χ1v) is 8.25. The first-order chi connectivity index (χ1) is 11.8. The number of hydrogen-bond acceptors (Lipinski definition) is 5. The molecule has 0 aliphatic rings. The van der Waals surface area contributed by atoms with E-state index in [2.05, 4.69) is 24.1 Å². The van der Waals surface area contributed by atoms with E-state index in [-0.39, 0.29) is 11.3 Å². The van der Waals surface area contributed by atoms with Crippen molar-refractivity contribution in [2.45, 2.75) is 34.1 Å². The van der Waals surface area contributed by atoms with Gasteiger partial charge in [0.15, 0.2) is 0 Å². The van der Waals surface area contributed by atoms with Crippen LogP contribution in [0.25, 0.3) is 0 Å². The molecule has 2 rings (SSSR count). The minimum atomic E-state index is -0.593. The summed E-state index contributed by atoms with van der Waals surface area (Å²) in [5.41, 5.74) is 3.96. The van der Waals surface area contributed by atoms with Crippen LogP contribution in [0.1, 0.15) is 40.9 Å². The van der Waals surface area contributed by atoms with Gasteiger partial charge in [-0.2, -0.15) is 5.11 Å². The highest BCUT2D eigenvalue weighted by molar-refractivity contribution is 5.95. The molecular weight excluding hydrogens is 316 g/mol. The average Bonchev–Trinajstić information content (AvgIpc) is 2.55. The molecule has 0 aliphatic carbocycles. The van der Waals surface area contributed by atoms with Crippen LogP contribution in [0, 0.1) is 19.8 Å². The summed E-state index contributed by atoms with van der Waals surface area (Å²) in [5, 5.41) is 18.6. The molecule has 0 heterocycles. The Morgan fingerprint density at radius 2 is 1.80 bits per heavy atom. The van der Waals surface area contributed by atoms with Crippen LogP contribution in [0.5, 0.6) is 5.75 Å². The highest BCUT2D eigenvalue weighted by Crippen LogP contribution is 2.34. The number of phenolic OH excluding ortho intramolecular Hbond substituents is 1. The number of rotatable bonds is 5. The fourth-order valence-corrected chi connectivity index (χ4v) is 2.74. The number of methoxy groups -OCH3 is 1. The van der Waals surface area contributed by atoms with Crippen molar-refractivity contribution in [3.05, 3.63) is 52.6 Å². The predicted molar refractivity (Wildman–Crippen MR) is 98.1 cm³/mol. The number of phenols is 1. The van der Waals surface area contributed by atoms with Crippen LogP contribution in [-0.2, 0) is 11.2 Å². The van der Waals surface area contributed by atoms with Gasteiger partial charge in [0.2, 0.25) is 0 Å². The molecule has 132 valence electrons. The summed E-state index contributed by atoms with van der Waals surface area (Å²) in [5.74, 6) is -0.102. The van der Waals surface area contributed by atoms with Gasteiger partial charge in [0.05, 0.1) is 18.5 Å². The lowest BCUT2D eigenvalue weighted by molar-refractivity contribution is 0.0596. The Bertz CT molecular complexity index is 794. The van der Waals surface area contributed by atoms with Crippen LogP contribution >= 0.6 is 0 Å². The van der Waals surface area contributed by atoms with E-state index < -0.39 is 5.97 Å². The van der Waals surface area contributed by atoms with Crippen molar-refractivity contribution in [2.24, 2.45) is 16.1 Å². The van der Waals surface area contributed by atoms with E-state index >= 15 is 0 Å². The van der Waals surface area contributed by atoms with Gasteiger partial charge in [-0.1, -0.05) is 26.0 Å². The third kappa shape index (κ3) is 4.44. The van der Waals surface area contributed by atoms with Gasteiger partial charge < -0.3 is 9.84 Å². The summed E-state index contributed by atoms with van der Waals surface area (Å²) < 4.78 is 4.73. The fourth-order valence-electron chi connectivity index (χ4n) is 2.74. The van der Waals surface area contributed by atoms with Gasteiger partial charge in [-0.15, -0.1) is 5.11 Å². The fraction of sp³-hybridized carbons (Fsp3) is 0.350. The van der Waals surface area contributed by atoms with Gasteiger partial charge in [-0.05, 0) is 61.1 Å². The second-order valence-electron chi connectivity index (χ2n) is 6.52. The monoisotopic (exact) mass is 340 g/mol. The van der Waals surface area contributed by atoms with Crippen molar-refractivity contribution in [3.63, 3.8) is 0 Å². The Morgan fingerprint density at radius 1 is 1.16 bits per heavy atom. The van der Waals surface area contributed by atoms with Gasteiger partial charge in [-0.3, -0.25) is 0 Å². The third-order valence-corrected chi connectivity index (χ3v) is 3.95. The van der Waals surface area contributed by atoms with Crippen molar-refractivity contribution in [1.82, 2.24) is 0 Å². The molecule has 0 bridgehead atoms. The molecule has 0 atom stereocenters. The minimum absolute atomic E-state index is 0.112. The summed E-state index contributed by atoms with van der Waals surface area (Å²) in [6.07, 6.45) is 1.02. The van der Waals surface area contributed by atoms with Crippen molar-refractivity contribution in [2.75, 3.05) is 7.11 Å². The summed E-state index contributed by atoms with van der Waals surface area (Å²) in [6, 6.07) is 9.44. The molecule has 0 spiro atoms. The minimum Gasteiger partial charge on any atom is -0.507 e. The van der Waals surface area contributed by atoms with Gasteiger partial charge in [-0.25, -0.2) is 4.79 Å². The number of aryl methyl sites for hydroxylation is 1. The summed E-state index contributed by atoms with van der Waals surface area (Å²) in [6.45, 7) is 7.90. The van der Waals surface area contributed by atoms with E-state index in [1.165, 1.54) is 18.7 Å². The Morgan fingerprint density at radius 3 is 2.36 bits per heavy atom. The lowest BCUT2D eigenvalue weighted by atomic mass is 10.0. The number of nitrogens with zero attached hydrogens (tertiary/aromatic N) is 2. The highest BCUT2D eigenvalue weighted by atomic mass is 16.5. The lowest BCUT2D eigenvalue weighted by Gasteiger charge is -2.11. The van der Waals surface area contributed by atoms with Crippen molar-refractivity contribution < 1.29 is 14.6 Å². The zero-order valence-corrected chi connectivity index (χ0v) is 15.3. The van der Waals surface area contributed by atoms with E-state index in [0.717, 1.165) is 17.7 Å². The average molecular weight is 340 g/mol. The van der Waals surface area contributed by atoms with Crippen molar-refractivity contribution >= 4 is 17.3 Å². The maximum Gasteiger partial charge on any atom is 0.341 e. The molecule has 5 nitrogen and oxygen atoms in total. The highest BCUT2D eigenvalue weighted by Gasteiger charge is 2.19. The molecule has 0 unspecified atom stereocenters. The molecule has 0 saturated heterocycles. The summed E-state index contributed by atoms with van der Waals surface area (Å²) in [7, 11) is 1.28. The number of azo groups is 1. The molecule has 25 heavy (non-hydrogen) atoms. The standard InChI is InChI=1S/C20H24N2O3/c1-12(2)10-15-6-8-16(9-7-15)21-22-19-13(3)11-17(23)18(14(19)4)20(24)25-5/h6-9,11-12,23H,10H2,1-5H3. The Balaban J connectivity index is 2.33. The molecule has 5 heteroatoms. The van der Waals surface area contributed by atoms with E-state index in [1.807, 2.05) is 31.2 Å². The Labute approximate surface area is 148 Å². The van der Waals surface area contributed by atoms with Crippen LogP contribution < -0.4 is 0 Å². The first kappa shape index (κ1) is 18.6. The number of aromatic hydroxyl groups is 1. The molecule has 0 aromatic heterocycles. The zero-order chi connectivity index (χ0) is 18.6. The van der Waals surface area contributed by atoms with Crippen molar-refractivity contribution in [3.8, 4) is 5.75 Å². The largest absolute Gasteiger partial charge is 0.507 e. The van der Waals surface area contributed by atoms with Gasteiger partial charge >= 0.3 is 5.97 Å².